The summed E-state index contributed by atoms with van der Waals surface area (Å²) in [6.45, 7) is 4.66. The van der Waals surface area contributed by atoms with Crippen LogP contribution in [0, 0.1) is 5.92 Å². The highest BCUT2D eigenvalue weighted by Crippen LogP contribution is 2.25. The Hall–Kier alpha value is -2.05. The summed E-state index contributed by atoms with van der Waals surface area (Å²) >= 11 is 6.05. The van der Waals surface area contributed by atoms with E-state index in [2.05, 4.69) is 23.9 Å². The average molecular weight is 381 g/mol. The highest BCUT2D eigenvalue weighted by Gasteiger charge is 2.20. The van der Waals surface area contributed by atoms with Crippen LogP contribution in [0.25, 0.3) is 0 Å². The molecular formula is C18H21ClN2O3S. The number of rotatable bonds is 7. The Morgan fingerprint density at radius 3 is 2.44 bits per heavy atom. The van der Waals surface area contributed by atoms with Crippen LogP contribution in [0.4, 0.5) is 5.69 Å². The van der Waals surface area contributed by atoms with Gasteiger partial charge in [-0.05, 0) is 42.7 Å². The number of carbonyl (C=O) groups excluding carboxylic acids is 1. The Bertz CT molecular complexity index is 837. The molecular weight excluding hydrogens is 360 g/mol. The minimum Gasteiger partial charge on any atom is -0.352 e. The third-order valence-electron chi connectivity index (χ3n) is 3.52. The first-order chi connectivity index (χ1) is 11.8. The fraction of sp³-hybridized carbons (Fsp3) is 0.278. The molecule has 2 rings (SSSR count). The van der Waals surface area contributed by atoms with Crippen molar-refractivity contribution in [3.8, 4) is 0 Å². The van der Waals surface area contributed by atoms with E-state index in [-0.39, 0.29) is 21.4 Å². The largest absolute Gasteiger partial charge is 0.352 e. The molecule has 1 amide bonds. The summed E-state index contributed by atoms with van der Waals surface area (Å²) < 4.78 is 27.6. The molecule has 0 saturated carbocycles. The Labute approximate surface area is 153 Å². The first kappa shape index (κ1) is 19.3. The van der Waals surface area contributed by atoms with Gasteiger partial charge < -0.3 is 5.32 Å². The maximum Gasteiger partial charge on any atom is 0.263 e. The fourth-order valence-electron chi connectivity index (χ4n) is 2.14. The Morgan fingerprint density at radius 2 is 1.80 bits per heavy atom. The predicted molar refractivity (Wildman–Crippen MR) is 100 cm³/mol. The predicted octanol–water partition coefficient (Wildman–Crippen LogP) is 3.92. The third-order valence-corrected chi connectivity index (χ3v) is 5.38. The number of amides is 1. The van der Waals surface area contributed by atoms with E-state index in [1.165, 1.54) is 18.2 Å². The van der Waals surface area contributed by atoms with Crippen molar-refractivity contribution >= 4 is 33.2 Å². The van der Waals surface area contributed by atoms with Crippen LogP contribution in [0.1, 0.15) is 30.6 Å². The molecule has 0 aromatic heterocycles. The number of carbonyl (C=O) groups is 1. The van der Waals surface area contributed by atoms with Gasteiger partial charge in [-0.25, -0.2) is 8.42 Å². The molecule has 0 saturated heterocycles. The number of nitrogens with one attached hydrogen (secondary N) is 2. The normalized spacial score (nSPS) is 11.4. The molecule has 0 radical (unpaired) electrons. The van der Waals surface area contributed by atoms with Gasteiger partial charge in [-0.15, -0.1) is 0 Å². The van der Waals surface area contributed by atoms with E-state index in [0.717, 1.165) is 6.42 Å². The summed E-state index contributed by atoms with van der Waals surface area (Å²) in [7, 11) is -3.90. The minimum absolute atomic E-state index is 0.0576. The monoisotopic (exact) mass is 380 g/mol. The van der Waals surface area contributed by atoms with Crippen LogP contribution in [-0.4, -0.2) is 20.9 Å². The van der Waals surface area contributed by atoms with E-state index in [9.17, 15) is 13.2 Å². The zero-order valence-electron chi connectivity index (χ0n) is 14.1. The van der Waals surface area contributed by atoms with Gasteiger partial charge in [0.05, 0.1) is 5.02 Å². The lowest BCUT2D eigenvalue weighted by atomic mass is 10.1. The van der Waals surface area contributed by atoms with E-state index in [0.29, 0.717) is 18.2 Å². The van der Waals surface area contributed by atoms with Gasteiger partial charge in [-0.3, -0.25) is 9.52 Å². The number of hydrogen-bond acceptors (Lipinski definition) is 3. The molecule has 0 unspecified atom stereocenters. The SMILES string of the molecule is CC(C)CCNC(=O)c1ccc(Cl)c(S(=O)(=O)Nc2ccccc2)c1. The molecule has 0 bridgehead atoms. The molecule has 0 heterocycles. The number of sulfonamides is 1. The molecule has 134 valence electrons. The van der Waals surface area contributed by atoms with Crippen molar-refractivity contribution in [1.82, 2.24) is 5.32 Å². The quantitative estimate of drug-likeness (QED) is 0.764. The van der Waals surface area contributed by atoms with E-state index in [1.807, 2.05) is 0 Å². The highest BCUT2D eigenvalue weighted by atomic mass is 35.5. The van der Waals surface area contributed by atoms with Crippen molar-refractivity contribution < 1.29 is 13.2 Å². The summed E-state index contributed by atoms with van der Waals surface area (Å²) in [5, 5.41) is 2.84. The number of halogens is 1. The second-order valence-corrected chi connectivity index (χ2v) is 8.11. The molecule has 7 heteroatoms. The van der Waals surface area contributed by atoms with Gasteiger partial charge in [-0.2, -0.15) is 0 Å². The highest BCUT2D eigenvalue weighted by molar-refractivity contribution is 7.92. The molecule has 2 aromatic rings. The number of para-hydroxylation sites is 1. The van der Waals surface area contributed by atoms with Crippen LogP contribution in [0.15, 0.2) is 53.4 Å². The Balaban J connectivity index is 2.22. The molecule has 25 heavy (non-hydrogen) atoms. The Morgan fingerprint density at radius 1 is 1.12 bits per heavy atom. The topological polar surface area (TPSA) is 75.3 Å². The van der Waals surface area contributed by atoms with Gasteiger partial charge in [0.2, 0.25) is 0 Å². The number of anilines is 1. The molecule has 0 fully saturated rings. The van der Waals surface area contributed by atoms with Crippen LogP contribution >= 0.6 is 11.6 Å². The molecule has 2 N–H and O–H groups in total. The van der Waals surface area contributed by atoms with Gasteiger partial charge in [-0.1, -0.05) is 43.6 Å². The molecule has 0 aliphatic rings. The Kier molecular flexibility index (Phi) is 6.45. The van der Waals surface area contributed by atoms with Gasteiger partial charge in [0.15, 0.2) is 0 Å². The van der Waals surface area contributed by atoms with Crippen molar-refractivity contribution in [3.63, 3.8) is 0 Å². The van der Waals surface area contributed by atoms with E-state index < -0.39 is 10.0 Å². The van der Waals surface area contributed by atoms with Crippen LogP contribution < -0.4 is 10.0 Å². The van der Waals surface area contributed by atoms with Gasteiger partial charge in [0.1, 0.15) is 4.90 Å². The maximum absolute atomic E-state index is 12.6. The van der Waals surface area contributed by atoms with Crippen molar-refractivity contribution in [1.29, 1.82) is 0 Å². The maximum atomic E-state index is 12.6. The lowest BCUT2D eigenvalue weighted by Gasteiger charge is -2.12. The van der Waals surface area contributed by atoms with Gasteiger partial charge in [0, 0.05) is 17.8 Å². The van der Waals surface area contributed by atoms with Crippen molar-refractivity contribution in [2.24, 2.45) is 5.92 Å². The summed E-state index contributed by atoms with van der Waals surface area (Å²) in [6, 6.07) is 12.7. The van der Waals surface area contributed by atoms with Crippen LogP contribution in [0.3, 0.4) is 0 Å². The van der Waals surface area contributed by atoms with Crippen molar-refractivity contribution in [2.45, 2.75) is 25.2 Å². The number of hydrogen-bond donors (Lipinski definition) is 2. The summed E-state index contributed by atoms with van der Waals surface area (Å²) in [5.41, 5.74) is 0.673. The first-order valence-corrected chi connectivity index (χ1v) is 9.81. The first-order valence-electron chi connectivity index (χ1n) is 7.95. The molecule has 0 aliphatic carbocycles. The minimum atomic E-state index is -3.90. The number of benzene rings is 2. The fourth-order valence-corrected chi connectivity index (χ4v) is 3.73. The van der Waals surface area contributed by atoms with Crippen molar-refractivity contribution in [3.05, 3.63) is 59.1 Å². The molecule has 0 aliphatic heterocycles. The second-order valence-electron chi connectivity index (χ2n) is 6.06. The summed E-state index contributed by atoms with van der Waals surface area (Å²) in [5.74, 6) is 0.144. The van der Waals surface area contributed by atoms with Crippen LogP contribution in [0.2, 0.25) is 5.02 Å². The molecule has 5 nitrogen and oxygen atoms in total. The zero-order chi connectivity index (χ0) is 18.4. The lowest BCUT2D eigenvalue weighted by Crippen LogP contribution is -2.25. The average Bonchev–Trinajstić information content (AvgIpc) is 2.55. The van der Waals surface area contributed by atoms with Crippen molar-refractivity contribution in [2.75, 3.05) is 11.3 Å². The standard InChI is InChI=1S/C18H21ClN2O3S/c1-13(2)10-11-20-18(22)14-8-9-16(19)17(12-14)25(23,24)21-15-6-4-3-5-7-15/h3-9,12-13,21H,10-11H2,1-2H3,(H,20,22). The van der Waals surface area contributed by atoms with E-state index in [1.54, 1.807) is 30.3 Å². The van der Waals surface area contributed by atoms with E-state index in [4.69, 9.17) is 11.6 Å². The van der Waals surface area contributed by atoms with Gasteiger partial charge >= 0.3 is 0 Å². The zero-order valence-corrected chi connectivity index (χ0v) is 15.7. The lowest BCUT2D eigenvalue weighted by molar-refractivity contribution is 0.0952. The van der Waals surface area contributed by atoms with Crippen LogP contribution in [-0.2, 0) is 10.0 Å². The summed E-state index contributed by atoms with van der Waals surface area (Å²) in [4.78, 5) is 12.1. The smallest absolute Gasteiger partial charge is 0.263 e. The van der Waals surface area contributed by atoms with Crippen LogP contribution in [0.5, 0.6) is 0 Å². The summed E-state index contributed by atoms with van der Waals surface area (Å²) in [6.07, 6.45) is 0.847. The second kappa shape index (κ2) is 8.36. The van der Waals surface area contributed by atoms with Gasteiger partial charge in [0.25, 0.3) is 15.9 Å². The molecule has 0 atom stereocenters. The molecule has 0 spiro atoms. The van der Waals surface area contributed by atoms with E-state index >= 15 is 0 Å². The molecule has 2 aromatic carbocycles. The third kappa shape index (κ3) is 5.47.